The first kappa shape index (κ1) is 23.8. The summed E-state index contributed by atoms with van der Waals surface area (Å²) < 4.78 is 31.7. The monoisotopic (exact) mass is 422 g/mol. The zero-order valence-electron chi connectivity index (χ0n) is 14.7. The van der Waals surface area contributed by atoms with E-state index in [9.17, 15) is 22.8 Å². The molecule has 11 heteroatoms. The van der Waals surface area contributed by atoms with Crippen molar-refractivity contribution in [2.75, 3.05) is 12.3 Å². The predicted octanol–water partition coefficient (Wildman–Crippen LogP) is 1.78. The Morgan fingerprint density at radius 3 is 2.25 bits per heavy atom. The Balaban J connectivity index is 0.000000480. The summed E-state index contributed by atoms with van der Waals surface area (Å²) in [6, 6.07) is 8.61. The van der Waals surface area contributed by atoms with Crippen molar-refractivity contribution in [3.63, 3.8) is 0 Å². The van der Waals surface area contributed by atoms with E-state index >= 15 is 0 Å². The molecule has 1 unspecified atom stereocenters. The highest BCUT2D eigenvalue weighted by atomic mass is 32.1. The Morgan fingerprint density at radius 2 is 1.79 bits per heavy atom. The van der Waals surface area contributed by atoms with E-state index < -0.39 is 30.2 Å². The Bertz CT molecular complexity index is 673. The van der Waals surface area contributed by atoms with Crippen LogP contribution >= 0.6 is 12.6 Å². The number of carbonyl (C=O) groups is 3. The lowest BCUT2D eigenvalue weighted by atomic mass is 10.2. The molecule has 1 aromatic carbocycles. The van der Waals surface area contributed by atoms with Gasteiger partial charge < -0.3 is 20.4 Å². The molecule has 1 aliphatic heterocycles. The van der Waals surface area contributed by atoms with Crippen LogP contribution in [0.25, 0.3) is 0 Å². The number of amides is 1. The number of carboxylic acid groups (broad SMARTS) is 2. The Kier molecular flexibility index (Phi) is 9.26. The van der Waals surface area contributed by atoms with Crippen molar-refractivity contribution < 1.29 is 37.8 Å². The number of nitrogens with zero attached hydrogens (tertiary/aromatic N) is 1. The molecule has 3 N–H and O–H groups in total. The standard InChI is InChI=1S/C15H20N2O3S.C2HF3O2/c18-14(17-8-4-7-13(17)15(19)20)12(10-21)16-9-11-5-2-1-3-6-11;3-2(4,5)1(6)7/h1-3,5-6,12-13,16,21H,4,7-10H2,(H,19,20);(H,6,7)/t12?,13-;/m0./s1. The summed E-state index contributed by atoms with van der Waals surface area (Å²) in [7, 11) is 0. The van der Waals surface area contributed by atoms with Crippen LogP contribution in [0.3, 0.4) is 0 Å². The first-order chi connectivity index (χ1) is 13.1. The molecule has 0 bridgehead atoms. The van der Waals surface area contributed by atoms with Gasteiger partial charge in [0.05, 0.1) is 6.04 Å². The fourth-order valence-electron chi connectivity index (χ4n) is 2.55. The molecular weight excluding hydrogens is 401 g/mol. The molecule has 0 radical (unpaired) electrons. The SMILES string of the molecule is O=C(O)C(F)(F)F.O=C(O)[C@@H]1CCCN1C(=O)C(CS)NCc1ccccc1. The number of alkyl halides is 3. The number of aliphatic carboxylic acids is 2. The summed E-state index contributed by atoms with van der Waals surface area (Å²) in [5, 5.41) is 19.4. The minimum Gasteiger partial charge on any atom is -0.480 e. The molecule has 0 saturated carbocycles. The van der Waals surface area contributed by atoms with E-state index in [0.717, 1.165) is 12.0 Å². The van der Waals surface area contributed by atoms with Gasteiger partial charge in [-0.05, 0) is 18.4 Å². The van der Waals surface area contributed by atoms with Gasteiger partial charge in [-0.2, -0.15) is 25.8 Å². The maximum Gasteiger partial charge on any atom is 0.490 e. The minimum absolute atomic E-state index is 0.175. The van der Waals surface area contributed by atoms with E-state index in [1.165, 1.54) is 4.90 Å². The molecule has 1 heterocycles. The van der Waals surface area contributed by atoms with Crippen LogP contribution in [0, 0.1) is 0 Å². The Morgan fingerprint density at radius 1 is 1.21 bits per heavy atom. The number of thiol groups is 1. The van der Waals surface area contributed by atoms with E-state index in [1.807, 2.05) is 30.3 Å². The van der Waals surface area contributed by atoms with Gasteiger partial charge in [0.2, 0.25) is 5.91 Å². The average Bonchev–Trinajstić information content (AvgIpc) is 3.12. The molecule has 0 aromatic heterocycles. The lowest BCUT2D eigenvalue weighted by molar-refractivity contribution is -0.192. The number of nitrogens with one attached hydrogen (secondary N) is 1. The molecule has 1 amide bonds. The van der Waals surface area contributed by atoms with Crippen LogP contribution < -0.4 is 5.32 Å². The fourth-order valence-corrected chi connectivity index (χ4v) is 2.84. The van der Waals surface area contributed by atoms with Gasteiger partial charge >= 0.3 is 18.1 Å². The van der Waals surface area contributed by atoms with Crippen molar-refractivity contribution in [2.24, 2.45) is 0 Å². The average molecular weight is 422 g/mol. The highest BCUT2D eigenvalue weighted by molar-refractivity contribution is 7.80. The Labute approximate surface area is 164 Å². The number of halogens is 3. The molecule has 1 aliphatic rings. The lowest BCUT2D eigenvalue weighted by Crippen LogP contribution is -2.51. The van der Waals surface area contributed by atoms with E-state index in [2.05, 4.69) is 17.9 Å². The summed E-state index contributed by atoms with van der Waals surface area (Å²) in [6.45, 7) is 1.07. The van der Waals surface area contributed by atoms with Gasteiger partial charge in [0.25, 0.3) is 0 Å². The normalized spacial score (nSPS) is 17.4. The summed E-state index contributed by atoms with van der Waals surface area (Å²) in [5.74, 6) is -3.52. The van der Waals surface area contributed by atoms with Crippen LogP contribution in [0.1, 0.15) is 18.4 Å². The molecule has 156 valence electrons. The highest BCUT2D eigenvalue weighted by Gasteiger charge is 2.38. The largest absolute Gasteiger partial charge is 0.490 e. The Hall–Kier alpha value is -2.27. The first-order valence-corrected chi connectivity index (χ1v) is 8.92. The lowest BCUT2D eigenvalue weighted by Gasteiger charge is -2.26. The maximum atomic E-state index is 12.5. The summed E-state index contributed by atoms with van der Waals surface area (Å²) >= 11 is 4.22. The van der Waals surface area contributed by atoms with Gasteiger partial charge in [-0.15, -0.1) is 0 Å². The number of hydrogen-bond acceptors (Lipinski definition) is 5. The molecule has 1 fully saturated rings. The molecule has 1 saturated heterocycles. The number of hydrogen-bond donors (Lipinski definition) is 4. The third-order valence-corrected chi connectivity index (χ3v) is 4.30. The maximum absolute atomic E-state index is 12.5. The van der Waals surface area contributed by atoms with Crippen LogP contribution in [0.4, 0.5) is 13.2 Å². The molecular formula is C17H21F3N2O5S. The summed E-state index contributed by atoms with van der Waals surface area (Å²) in [4.78, 5) is 34.0. The second-order valence-corrected chi connectivity index (χ2v) is 6.30. The zero-order valence-corrected chi connectivity index (χ0v) is 15.6. The number of likely N-dealkylation sites (tertiary alicyclic amines) is 1. The number of benzene rings is 1. The van der Waals surface area contributed by atoms with Crippen molar-refractivity contribution >= 4 is 30.5 Å². The molecule has 1 aromatic rings. The van der Waals surface area contributed by atoms with E-state index in [-0.39, 0.29) is 5.91 Å². The molecule has 28 heavy (non-hydrogen) atoms. The third-order valence-electron chi connectivity index (χ3n) is 3.94. The van der Waals surface area contributed by atoms with E-state index in [4.69, 9.17) is 15.0 Å². The fraction of sp³-hybridized carbons (Fsp3) is 0.471. The van der Waals surface area contributed by atoms with Gasteiger partial charge in [-0.3, -0.25) is 4.79 Å². The molecule has 2 rings (SSSR count). The summed E-state index contributed by atoms with van der Waals surface area (Å²) in [5.41, 5.74) is 1.08. The predicted molar refractivity (Wildman–Crippen MR) is 97.0 cm³/mol. The van der Waals surface area contributed by atoms with Gasteiger partial charge in [-0.1, -0.05) is 30.3 Å². The smallest absolute Gasteiger partial charge is 0.480 e. The van der Waals surface area contributed by atoms with Gasteiger partial charge in [0.15, 0.2) is 0 Å². The van der Waals surface area contributed by atoms with Crippen LogP contribution in [0.2, 0.25) is 0 Å². The van der Waals surface area contributed by atoms with Crippen LogP contribution in [-0.2, 0) is 20.9 Å². The molecule has 0 spiro atoms. The van der Waals surface area contributed by atoms with E-state index in [1.54, 1.807) is 0 Å². The molecule has 2 atom stereocenters. The highest BCUT2D eigenvalue weighted by Crippen LogP contribution is 2.19. The third kappa shape index (κ3) is 7.39. The minimum atomic E-state index is -5.08. The first-order valence-electron chi connectivity index (χ1n) is 8.29. The van der Waals surface area contributed by atoms with Crippen molar-refractivity contribution in [3.05, 3.63) is 35.9 Å². The zero-order chi connectivity index (χ0) is 21.3. The van der Waals surface area contributed by atoms with Crippen molar-refractivity contribution in [2.45, 2.75) is 37.6 Å². The number of carbonyl (C=O) groups excluding carboxylic acids is 1. The number of carboxylic acids is 2. The van der Waals surface area contributed by atoms with Crippen molar-refractivity contribution in [1.29, 1.82) is 0 Å². The van der Waals surface area contributed by atoms with Crippen LogP contribution in [0.5, 0.6) is 0 Å². The second-order valence-electron chi connectivity index (χ2n) is 5.93. The number of rotatable bonds is 6. The topological polar surface area (TPSA) is 107 Å². The molecule has 0 aliphatic carbocycles. The van der Waals surface area contributed by atoms with Crippen molar-refractivity contribution in [1.82, 2.24) is 10.2 Å². The van der Waals surface area contributed by atoms with Gasteiger partial charge in [0, 0.05) is 18.8 Å². The second kappa shape index (κ2) is 10.9. The van der Waals surface area contributed by atoms with Crippen molar-refractivity contribution in [3.8, 4) is 0 Å². The quantitative estimate of drug-likeness (QED) is 0.521. The van der Waals surface area contributed by atoms with Crippen LogP contribution in [0.15, 0.2) is 30.3 Å². The summed E-state index contributed by atoms with van der Waals surface area (Å²) in [6.07, 6.45) is -3.82. The van der Waals surface area contributed by atoms with Crippen LogP contribution in [-0.4, -0.2) is 63.5 Å². The van der Waals surface area contributed by atoms with Gasteiger partial charge in [0.1, 0.15) is 6.04 Å². The molecule has 7 nitrogen and oxygen atoms in total. The van der Waals surface area contributed by atoms with E-state index in [0.29, 0.717) is 25.3 Å². The van der Waals surface area contributed by atoms with Gasteiger partial charge in [-0.25, -0.2) is 9.59 Å².